The second-order valence-corrected chi connectivity index (χ2v) is 8.83. The van der Waals surface area contributed by atoms with Crippen LogP contribution in [0.3, 0.4) is 0 Å². The number of hydrogen-bond donors (Lipinski definition) is 1. The van der Waals surface area contributed by atoms with Crippen molar-refractivity contribution in [2.75, 3.05) is 20.3 Å². The van der Waals surface area contributed by atoms with Crippen LogP contribution in [-0.2, 0) is 4.79 Å². The highest BCUT2D eigenvalue weighted by atomic mass is 35.5. The van der Waals surface area contributed by atoms with Gasteiger partial charge >= 0.3 is 0 Å². The van der Waals surface area contributed by atoms with Crippen LogP contribution in [0.4, 0.5) is 0 Å². The van der Waals surface area contributed by atoms with Crippen molar-refractivity contribution in [2.24, 2.45) is 10.1 Å². The second kappa shape index (κ2) is 10.3. The van der Waals surface area contributed by atoms with Gasteiger partial charge in [0.15, 0.2) is 17.3 Å². The summed E-state index contributed by atoms with van der Waals surface area (Å²) in [6.45, 7) is 4.54. The molecule has 0 bridgehead atoms. The van der Waals surface area contributed by atoms with E-state index in [9.17, 15) is 4.79 Å². The fraction of sp³-hybridized carbons (Fsp3) is 0.250. The van der Waals surface area contributed by atoms with Crippen molar-refractivity contribution in [2.45, 2.75) is 20.3 Å². The van der Waals surface area contributed by atoms with E-state index in [2.05, 4.69) is 10.1 Å². The van der Waals surface area contributed by atoms with Crippen LogP contribution in [0.15, 0.2) is 52.1 Å². The number of ether oxygens (including phenoxy) is 3. The lowest BCUT2D eigenvalue weighted by Crippen LogP contribution is -2.35. The van der Waals surface area contributed by atoms with Gasteiger partial charge < -0.3 is 14.2 Å². The molecule has 0 fully saturated rings. The number of thioether (sulfide) groups is 1. The molecule has 0 atom stereocenters. The van der Waals surface area contributed by atoms with Crippen LogP contribution in [0.25, 0.3) is 6.08 Å². The van der Waals surface area contributed by atoms with E-state index in [-0.39, 0.29) is 11.4 Å². The van der Waals surface area contributed by atoms with Crippen LogP contribution in [-0.4, -0.2) is 47.3 Å². The predicted molar refractivity (Wildman–Crippen MR) is 135 cm³/mol. The summed E-state index contributed by atoms with van der Waals surface area (Å²) >= 11 is 7.35. The number of nitrogens with one attached hydrogen (secondary N) is 1. The summed E-state index contributed by atoms with van der Waals surface area (Å²) in [5.41, 5.74) is 1.78. The summed E-state index contributed by atoms with van der Waals surface area (Å²) < 4.78 is 17.0. The van der Waals surface area contributed by atoms with Crippen molar-refractivity contribution in [3.63, 3.8) is 0 Å². The summed E-state index contributed by atoms with van der Waals surface area (Å²) in [6, 6.07) is 10.8. The number of aryl methyl sites for hydroxylation is 1. The van der Waals surface area contributed by atoms with E-state index in [1.165, 1.54) is 16.8 Å². The topological polar surface area (TPSA) is 96.6 Å². The average Bonchev–Trinajstić information content (AvgIpc) is 3.25. The molecular formula is C24H23ClN4O4S. The van der Waals surface area contributed by atoms with Crippen molar-refractivity contribution in [1.82, 2.24) is 5.01 Å². The van der Waals surface area contributed by atoms with Gasteiger partial charge in [-0.25, -0.2) is 0 Å². The van der Waals surface area contributed by atoms with E-state index < -0.39 is 5.91 Å². The van der Waals surface area contributed by atoms with Gasteiger partial charge in [-0.1, -0.05) is 24.6 Å². The second-order valence-electron chi connectivity index (χ2n) is 7.39. The van der Waals surface area contributed by atoms with Gasteiger partial charge in [0.1, 0.15) is 24.0 Å². The monoisotopic (exact) mass is 498 g/mol. The molecule has 2 aromatic rings. The minimum Gasteiger partial charge on any atom is -0.493 e. The molecule has 4 rings (SSSR count). The fourth-order valence-electron chi connectivity index (χ4n) is 3.25. The molecule has 0 unspecified atom stereocenters. The Morgan fingerprint density at radius 3 is 2.68 bits per heavy atom. The molecule has 1 N–H and O–H groups in total. The molecule has 2 aliphatic rings. The zero-order valence-electron chi connectivity index (χ0n) is 18.9. The summed E-state index contributed by atoms with van der Waals surface area (Å²) in [4.78, 5) is 16.6. The minimum absolute atomic E-state index is 0.000159. The van der Waals surface area contributed by atoms with Crippen LogP contribution in [0, 0.1) is 12.3 Å². The molecule has 176 valence electrons. The van der Waals surface area contributed by atoms with Gasteiger partial charge in [-0.05, 0) is 72.6 Å². The number of aliphatic imine (C=N–C) groups is 1. The smallest absolute Gasteiger partial charge is 0.283 e. The molecule has 0 aliphatic carbocycles. The van der Waals surface area contributed by atoms with E-state index in [0.717, 1.165) is 16.4 Å². The highest BCUT2D eigenvalue weighted by Crippen LogP contribution is 2.32. The minimum atomic E-state index is -0.467. The maximum Gasteiger partial charge on any atom is 0.283 e. The molecule has 2 aliphatic heterocycles. The normalized spacial score (nSPS) is 16.4. The first-order chi connectivity index (χ1) is 16.4. The molecule has 2 aromatic carbocycles. The van der Waals surface area contributed by atoms with Crippen molar-refractivity contribution >= 4 is 51.4 Å². The molecule has 0 saturated heterocycles. The Balaban J connectivity index is 1.43. The summed E-state index contributed by atoms with van der Waals surface area (Å²) in [5, 5.41) is 16.1. The standard InChI is InChI=1S/C24H23ClN4O4S/c1-4-21-28-29-22(26)17(23(30)27-24(29)34-21)12-15-5-8-19(20(13-15)31-3)33-10-9-32-16-6-7-18(25)14(2)11-16/h5-8,11-13,26H,4,9-10H2,1-3H3. The molecule has 0 aromatic heterocycles. The number of nitrogens with zero attached hydrogens (tertiary/aromatic N) is 3. The molecule has 2 heterocycles. The SMILES string of the molecule is CCC1=NN2C(=N)C(=Cc3ccc(OCCOc4ccc(Cl)c(C)c4)c(OC)c3)C(=O)N=C2S1. The van der Waals surface area contributed by atoms with E-state index >= 15 is 0 Å². The number of amides is 1. The number of carbonyl (C=O) groups excluding carboxylic acids is 1. The number of benzene rings is 2. The Bertz CT molecular complexity index is 1240. The molecule has 0 radical (unpaired) electrons. The number of fused-ring (bicyclic) bond motifs is 1. The van der Waals surface area contributed by atoms with Crippen molar-refractivity contribution in [1.29, 1.82) is 5.41 Å². The molecule has 8 nitrogen and oxygen atoms in total. The van der Waals surface area contributed by atoms with Crippen LogP contribution >= 0.6 is 23.4 Å². The lowest BCUT2D eigenvalue weighted by atomic mass is 10.1. The zero-order valence-corrected chi connectivity index (χ0v) is 20.5. The van der Waals surface area contributed by atoms with Gasteiger partial charge in [-0.3, -0.25) is 10.2 Å². The van der Waals surface area contributed by atoms with E-state index in [1.807, 2.05) is 26.0 Å². The lowest BCUT2D eigenvalue weighted by Gasteiger charge is -2.20. The number of halogens is 1. The average molecular weight is 499 g/mol. The summed E-state index contributed by atoms with van der Waals surface area (Å²) in [6.07, 6.45) is 2.32. The summed E-state index contributed by atoms with van der Waals surface area (Å²) in [5.74, 6) is 1.29. The van der Waals surface area contributed by atoms with E-state index in [4.69, 9.17) is 31.2 Å². The van der Waals surface area contributed by atoms with Gasteiger partial charge in [-0.2, -0.15) is 15.1 Å². The maximum atomic E-state index is 12.5. The first-order valence-electron chi connectivity index (χ1n) is 10.6. The van der Waals surface area contributed by atoms with Gasteiger partial charge in [0, 0.05) is 5.02 Å². The van der Waals surface area contributed by atoms with Gasteiger partial charge in [0.2, 0.25) is 5.17 Å². The predicted octanol–water partition coefficient (Wildman–Crippen LogP) is 5.14. The molecule has 0 saturated carbocycles. The number of amidine groups is 2. The maximum absolute atomic E-state index is 12.5. The van der Waals surface area contributed by atoms with E-state index in [0.29, 0.717) is 46.9 Å². The van der Waals surface area contributed by atoms with Crippen LogP contribution in [0.1, 0.15) is 24.5 Å². The number of hydrogen-bond acceptors (Lipinski definition) is 7. The summed E-state index contributed by atoms with van der Waals surface area (Å²) in [7, 11) is 1.54. The Morgan fingerprint density at radius 2 is 1.94 bits per heavy atom. The van der Waals surface area contributed by atoms with Crippen molar-refractivity contribution < 1.29 is 19.0 Å². The van der Waals surface area contributed by atoms with Gasteiger partial charge in [-0.15, -0.1) is 0 Å². The van der Waals surface area contributed by atoms with Gasteiger partial charge in [0.05, 0.1) is 12.7 Å². The molecule has 10 heteroatoms. The Morgan fingerprint density at radius 1 is 1.15 bits per heavy atom. The third-order valence-corrected chi connectivity index (χ3v) is 6.51. The Labute approximate surface area is 206 Å². The van der Waals surface area contributed by atoms with Crippen LogP contribution < -0.4 is 14.2 Å². The Kier molecular flexibility index (Phi) is 7.23. The van der Waals surface area contributed by atoms with Gasteiger partial charge in [0.25, 0.3) is 5.91 Å². The Hall–Kier alpha value is -3.30. The molecule has 34 heavy (non-hydrogen) atoms. The third kappa shape index (κ3) is 5.10. The lowest BCUT2D eigenvalue weighted by molar-refractivity contribution is -0.114. The molecular weight excluding hydrogens is 476 g/mol. The zero-order chi connectivity index (χ0) is 24.2. The van der Waals surface area contributed by atoms with Crippen LogP contribution in [0.2, 0.25) is 5.02 Å². The largest absolute Gasteiger partial charge is 0.493 e. The quantitative estimate of drug-likeness (QED) is 0.399. The number of methoxy groups -OCH3 is 1. The highest BCUT2D eigenvalue weighted by Gasteiger charge is 2.35. The number of rotatable bonds is 8. The van der Waals surface area contributed by atoms with Crippen LogP contribution in [0.5, 0.6) is 17.2 Å². The first-order valence-corrected chi connectivity index (χ1v) is 11.8. The first kappa shape index (κ1) is 23.8. The third-order valence-electron chi connectivity index (χ3n) is 5.04. The highest BCUT2D eigenvalue weighted by molar-refractivity contribution is 8.26. The fourth-order valence-corrected chi connectivity index (χ4v) is 4.19. The number of carbonyl (C=O) groups is 1. The molecule has 0 spiro atoms. The van der Waals surface area contributed by atoms with Crippen molar-refractivity contribution in [3.8, 4) is 17.2 Å². The molecule has 1 amide bonds. The van der Waals surface area contributed by atoms with E-state index in [1.54, 1.807) is 37.5 Å². The number of hydrazone groups is 1. The van der Waals surface area contributed by atoms with Crippen molar-refractivity contribution in [3.05, 3.63) is 58.1 Å².